The zero-order valence-electron chi connectivity index (χ0n) is 13.1. The van der Waals surface area contributed by atoms with Crippen molar-refractivity contribution in [2.24, 2.45) is 0 Å². The highest BCUT2D eigenvalue weighted by atomic mass is 16.5. The zero-order chi connectivity index (χ0) is 15.7. The summed E-state index contributed by atoms with van der Waals surface area (Å²) in [7, 11) is 0. The second-order valence-electron chi connectivity index (χ2n) is 6.71. The third-order valence-corrected chi connectivity index (χ3v) is 4.20. The highest BCUT2D eigenvalue weighted by Crippen LogP contribution is 2.35. The van der Waals surface area contributed by atoms with Crippen LogP contribution in [-0.4, -0.2) is 30.0 Å². The summed E-state index contributed by atoms with van der Waals surface area (Å²) in [6.07, 6.45) is 2.75. The molecule has 1 saturated heterocycles. The van der Waals surface area contributed by atoms with Crippen molar-refractivity contribution in [1.82, 2.24) is 10.6 Å². The summed E-state index contributed by atoms with van der Waals surface area (Å²) >= 11 is 0. The number of ether oxygens (including phenoxy) is 1. The molecule has 1 unspecified atom stereocenters. The van der Waals surface area contributed by atoms with Crippen LogP contribution in [0.2, 0.25) is 0 Å². The van der Waals surface area contributed by atoms with Crippen LogP contribution in [0.15, 0.2) is 18.2 Å². The van der Waals surface area contributed by atoms with Gasteiger partial charge in [0.2, 0.25) is 5.91 Å². The Balaban J connectivity index is 1.67. The Morgan fingerprint density at radius 1 is 1.36 bits per heavy atom. The summed E-state index contributed by atoms with van der Waals surface area (Å²) < 4.78 is 5.83. The number of carbonyl (C=O) groups excluding carboxylic acids is 2. The van der Waals surface area contributed by atoms with Crippen LogP contribution in [0.1, 0.15) is 49.0 Å². The smallest absolute Gasteiger partial charge is 0.251 e. The SMILES string of the molecule is CC1(C)Cc2cc(C(=O)NC3CCNC(=O)CC3)ccc2O1. The predicted molar refractivity (Wildman–Crippen MR) is 83.0 cm³/mol. The molecule has 5 nitrogen and oxygen atoms in total. The molecule has 2 aliphatic heterocycles. The van der Waals surface area contributed by atoms with Crippen LogP contribution in [0.25, 0.3) is 0 Å². The van der Waals surface area contributed by atoms with Crippen LogP contribution in [0.3, 0.4) is 0 Å². The van der Waals surface area contributed by atoms with Crippen molar-refractivity contribution in [1.29, 1.82) is 0 Å². The molecule has 1 aromatic rings. The Bertz CT molecular complexity index is 610. The molecule has 0 saturated carbocycles. The third-order valence-electron chi connectivity index (χ3n) is 4.20. The summed E-state index contributed by atoms with van der Waals surface area (Å²) in [4.78, 5) is 23.7. The Kier molecular flexibility index (Phi) is 3.81. The number of amides is 2. The van der Waals surface area contributed by atoms with E-state index in [0.29, 0.717) is 24.9 Å². The van der Waals surface area contributed by atoms with E-state index in [2.05, 4.69) is 10.6 Å². The van der Waals surface area contributed by atoms with E-state index in [9.17, 15) is 9.59 Å². The maximum absolute atomic E-state index is 12.4. The summed E-state index contributed by atoms with van der Waals surface area (Å²) in [5.74, 6) is 0.853. The Labute approximate surface area is 130 Å². The molecule has 0 aromatic heterocycles. The number of fused-ring (bicyclic) bond motifs is 1. The maximum Gasteiger partial charge on any atom is 0.251 e. The van der Waals surface area contributed by atoms with E-state index in [1.165, 1.54) is 0 Å². The fourth-order valence-corrected chi connectivity index (χ4v) is 3.09. The largest absolute Gasteiger partial charge is 0.487 e. The van der Waals surface area contributed by atoms with Gasteiger partial charge in [0, 0.05) is 31.0 Å². The van der Waals surface area contributed by atoms with Gasteiger partial charge in [-0.3, -0.25) is 9.59 Å². The van der Waals surface area contributed by atoms with Crippen molar-refractivity contribution in [3.05, 3.63) is 29.3 Å². The number of hydrogen-bond donors (Lipinski definition) is 2. The summed E-state index contributed by atoms with van der Waals surface area (Å²) in [6.45, 7) is 4.71. The summed E-state index contributed by atoms with van der Waals surface area (Å²) in [5.41, 5.74) is 1.53. The second kappa shape index (κ2) is 5.63. The fourth-order valence-electron chi connectivity index (χ4n) is 3.09. The van der Waals surface area contributed by atoms with Crippen LogP contribution >= 0.6 is 0 Å². The first kappa shape index (κ1) is 14.9. The number of rotatable bonds is 2. The van der Waals surface area contributed by atoms with E-state index in [4.69, 9.17) is 4.74 Å². The van der Waals surface area contributed by atoms with Gasteiger partial charge in [0.25, 0.3) is 5.91 Å². The summed E-state index contributed by atoms with van der Waals surface area (Å²) in [6, 6.07) is 5.64. The van der Waals surface area contributed by atoms with Crippen molar-refractivity contribution in [3.63, 3.8) is 0 Å². The van der Waals surface area contributed by atoms with Crippen LogP contribution < -0.4 is 15.4 Å². The molecule has 0 radical (unpaired) electrons. The van der Waals surface area contributed by atoms with Crippen molar-refractivity contribution in [3.8, 4) is 5.75 Å². The molecule has 22 heavy (non-hydrogen) atoms. The first-order chi connectivity index (χ1) is 10.4. The van der Waals surface area contributed by atoms with E-state index in [1.54, 1.807) is 6.07 Å². The van der Waals surface area contributed by atoms with Gasteiger partial charge in [0.05, 0.1) is 0 Å². The normalized spacial score (nSPS) is 23.0. The lowest BCUT2D eigenvalue weighted by Gasteiger charge is -2.16. The van der Waals surface area contributed by atoms with E-state index in [1.807, 2.05) is 26.0 Å². The van der Waals surface area contributed by atoms with Crippen LogP contribution in [-0.2, 0) is 11.2 Å². The molecule has 118 valence electrons. The molecule has 1 fully saturated rings. The number of hydrogen-bond acceptors (Lipinski definition) is 3. The van der Waals surface area contributed by atoms with Gasteiger partial charge in [-0.1, -0.05) is 0 Å². The van der Waals surface area contributed by atoms with Crippen LogP contribution in [0.5, 0.6) is 5.75 Å². The van der Waals surface area contributed by atoms with Crippen molar-refractivity contribution in [2.75, 3.05) is 6.54 Å². The fraction of sp³-hybridized carbons (Fsp3) is 0.529. The Morgan fingerprint density at radius 3 is 3.00 bits per heavy atom. The number of carbonyl (C=O) groups is 2. The standard InChI is InChI=1S/C17H22N2O3/c1-17(2)10-12-9-11(3-5-14(12)22-17)16(21)19-13-4-6-15(20)18-8-7-13/h3,5,9,13H,4,6-8,10H2,1-2H3,(H,18,20)(H,19,21). The average molecular weight is 302 g/mol. The van der Waals surface area contributed by atoms with Crippen molar-refractivity contribution >= 4 is 11.8 Å². The van der Waals surface area contributed by atoms with Crippen molar-refractivity contribution in [2.45, 2.75) is 51.2 Å². The molecule has 2 aliphatic rings. The highest BCUT2D eigenvalue weighted by Gasteiger charge is 2.30. The van der Waals surface area contributed by atoms with Crippen LogP contribution in [0, 0.1) is 0 Å². The first-order valence-corrected chi connectivity index (χ1v) is 7.82. The molecule has 2 amide bonds. The van der Waals surface area contributed by atoms with Gasteiger partial charge in [-0.05, 0) is 50.5 Å². The minimum Gasteiger partial charge on any atom is -0.487 e. The molecule has 0 bridgehead atoms. The minimum absolute atomic E-state index is 0.0485. The molecular weight excluding hydrogens is 280 g/mol. The molecule has 5 heteroatoms. The third kappa shape index (κ3) is 3.24. The van der Waals surface area contributed by atoms with Gasteiger partial charge in [-0.25, -0.2) is 0 Å². The lowest BCUT2D eigenvalue weighted by molar-refractivity contribution is -0.120. The van der Waals surface area contributed by atoms with E-state index < -0.39 is 0 Å². The molecule has 3 rings (SSSR count). The first-order valence-electron chi connectivity index (χ1n) is 7.82. The molecule has 1 atom stereocenters. The lowest BCUT2D eigenvalue weighted by atomic mass is 10.00. The van der Waals surface area contributed by atoms with E-state index in [-0.39, 0.29) is 23.5 Å². The quantitative estimate of drug-likeness (QED) is 0.875. The van der Waals surface area contributed by atoms with Gasteiger partial charge in [0.1, 0.15) is 11.4 Å². The lowest BCUT2D eigenvalue weighted by Crippen LogP contribution is -2.35. The van der Waals surface area contributed by atoms with Crippen molar-refractivity contribution < 1.29 is 14.3 Å². The second-order valence-corrected chi connectivity index (χ2v) is 6.71. The Morgan fingerprint density at radius 2 is 2.18 bits per heavy atom. The zero-order valence-corrected chi connectivity index (χ0v) is 13.1. The average Bonchev–Trinajstić information content (AvgIpc) is 2.62. The van der Waals surface area contributed by atoms with Gasteiger partial charge >= 0.3 is 0 Å². The maximum atomic E-state index is 12.4. The van der Waals surface area contributed by atoms with Gasteiger partial charge in [-0.15, -0.1) is 0 Å². The number of benzene rings is 1. The summed E-state index contributed by atoms with van der Waals surface area (Å²) in [5, 5.41) is 5.86. The van der Waals surface area contributed by atoms with E-state index in [0.717, 1.165) is 24.2 Å². The highest BCUT2D eigenvalue weighted by molar-refractivity contribution is 5.95. The monoisotopic (exact) mass is 302 g/mol. The molecule has 2 heterocycles. The van der Waals surface area contributed by atoms with Crippen LogP contribution in [0.4, 0.5) is 0 Å². The van der Waals surface area contributed by atoms with Gasteiger partial charge in [0.15, 0.2) is 0 Å². The molecule has 2 N–H and O–H groups in total. The van der Waals surface area contributed by atoms with Gasteiger partial charge in [-0.2, -0.15) is 0 Å². The molecule has 0 aliphatic carbocycles. The Hall–Kier alpha value is -2.04. The molecule has 0 spiro atoms. The minimum atomic E-state index is -0.204. The topological polar surface area (TPSA) is 67.4 Å². The predicted octanol–water partition coefficient (Wildman–Crippen LogP) is 1.80. The molecular formula is C17H22N2O3. The van der Waals surface area contributed by atoms with Gasteiger partial charge < -0.3 is 15.4 Å². The molecule has 1 aromatic carbocycles. The van der Waals surface area contributed by atoms with E-state index >= 15 is 0 Å². The number of nitrogens with one attached hydrogen (secondary N) is 2.